The second-order valence-corrected chi connectivity index (χ2v) is 3.17. The first-order chi connectivity index (χ1) is 7.09. The summed E-state index contributed by atoms with van der Waals surface area (Å²) in [5, 5.41) is 28.6. The Morgan fingerprint density at radius 2 is 1.73 bits per heavy atom. The molecule has 3 N–H and O–H groups in total. The third kappa shape index (κ3) is 1.46. The van der Waals surface area contributed by atoms with Crippen LogP contribution in [0.25, 0.3) is 10.8 Å². The molecule has 0 amide bonds. The number of carboxylic acid groups (broad SMARTS) is 1. The van der Waals surface area contributed by atoms with Crippen LogP contribution in [0.1, 0.15) is 10.4 Å². The average molecular weight is 204 g/mol. The van der Waals surface area contributed by atoms with Crippen LogP contribution in [0, 0.1) is 0 Å². The first-order valence-electron chi connectivity index (χ1n) is 4.27. The summed E-state index contributed by atoms with van der Waals surface area (Å²) >= 11 is 0. The number of phenols is 2. The van der Waals surface area contributed by atoms with Crippen LogP contribution in [0.3, 0.4) is 0 Å². The lowest BCUT2D eigenvalue weighted by Gasteiger charge is -2.05. The summed E-state index contributed by atoms with van der Waals surface area (Å²) in [5.74, 6) is -1.56. The third-order valence-corrected chi connectivity index (χ3v) is 2.20. The lowest BCUT2D eigenvalue weighted by molar-refractivity contribution is 0.0696. The predicted octanol–water partition coefficient (Wildman–Crippen LogP) is 1.95. The molecule has 2 aromatic carbocycles. The number of carbonyl (C=O) groups is 1. The van der Waals surface area contributed by atoms with E-state index < -0.39 is 5.97 Å². The van der Waals surface area contributed by atoms with E-state index in [1.165, 1.54) is 18.2 Å². The molecule has 15 heavy (non-hydrogen) atoms. The maximum Gasteiger partial charge on any atom is 0.340 e. The van der Waals surface area contributed by atoms with Gasteiger partial charge in [0.1, 0.15) is 17.1 Å². The van der Waals surface area contributed by atoms with Crippen LogP contribution in [-0.4, -0.2) is 21.3 Å². The fraction of sp³-hybridized carbons (Fsp3) is 0. The Balaban J connectivity index is 2.90. The molecule has 0 heterocycles. The van der Waals surface area contributed by atoms with Gasteiger partial charge in [-0.2, -0.15) is 0 Å². The van der Waals surface area contributed by atoms with Gasteiger partial charge in [0, 0.05) is 5.39 Å². The van der Waals surface area contributed by atoms with Gasteiger partial charge in [-0.25, -0.2) is 4.79 Å². The van der Waals surface area contributed by atoms with Crippen molar-refractivity contribution in [3.05, 3.63) is 35.9 Å². The zero-order chi connectivity index (χ0) is 11.0. The fourth-order valence-corrected chi connectivity index (χ4v) is 1.52. The third-order valence-electron chi connectivity index (χ3n) is 2.20. The maximum atomic E-state index is 10.9. The summed E-state index contributed by atoms with van der Waals surface area (Å²) in [6.45, 7) is 0. The standard InChI is InChI=1S/C11H8O4/c12-7-3-1-6-2-4-9(13)10(11(14)15)8(6)5-7/h1-5,12-13H,(H,14,15). The Labute approximate surface area is 85.0 Å². The highest BCUT2D eigenvalue weighted by Gasteiger charge is 2.14. The minimum absolute atomic E-state index is 0.0319. The van der Waals surface area contributed by atoms with E-state index in [1.807, 2.05) is 0 Å². The highest BCUT2D eigenvalue weighted by Crippen LogP contribution is 2.29. The molecular weight excluding hydrogens is 196 g/mol. The van der Waals surface area contributed by atoms with E-state index in [4.69, 9.17) is 5.11 Å². The lowest BCUT2D eigenvalue weighted by Crippen LogP contribution is -1.97. The van der Waals surface area contributed by atoms with Gasteiger partial charge in [0.15, 0.2) is 0 Å². The topological polar surface area (TPSA) is 77.8 Å². The largest absolute Gasteiger partial charge is 0.508 e. The normalized spacial score (nSPS) is 10.4. The quantitative estimate of drug-likeness (QED) is 0.663. The fourth-order valence-electron chi connectivity index (χ4n) is 1.52. The van der Waals surface area contributed by atoms with Crippen molar-refractivity contribution in [1.82, 2.24) is 0 Å². The number of fused-ring (bicyclic) bond motifs is 1. The van der Waals surface area contributed by atoms with Crippen LogP contribution in [-0.2, 0) is 0 Å². The number of aromatic carboxylic acids is 1. The number of rotatable bonds is 1. The molecule has 4 heteroatoms. The van der Waals surface area contributed by atoms with Gasteiger partial charge in [-0.15, -0.1) is 0 Å². The molecule has 0 bridgehead atoms. The van der Waals surface area contributed by atoms with Gasteiger partial charge < -0.3 is 15.3 Å². The summed E-state index contributed by atoms with van der Waals surface area (Å²) < 4.78 is 0. The van der Waals surface area contributed by atoms with Crippen molar-refractivity contribution in [3.8, 4) is 11.5 Å². The average Bonchev–Trinajstić information content (AvgIpc) is 2.16. The number of benzene rings is 2. The second kappa shape index (κ2) is 3.16. The maximum absolute atomic E-state index is 10.9. The van der Waals surface area contributed by atoms with Crippen molar-refractivity contribution in [2.45, 2.75) is 0 Å². The second-order valence-electron chi connectivity index (χ2n) is 3.17. The molecule has 2 rings (SSSR count). The molecule has 0 fully saturated rings. The van der Waals surface area contributed by atoms with E-state index in [0.717, 1.165) is 0 Å². The van der Waals surface area contributed by atoms with E-state index in [1.54, 1.807) is 12.1 Å². The monoisotopic (exact) mass is 204 g/mol. The molecule has 0 aliphatic carbocycles. The molecular formula is C11H8O4. The Morgan fingerprint density at radius 3 is 2.40 bits per heavy atom. The smallest absolute Gasteiger partial charge is 0.340 e. The van der Waals surface area contributed by atoms with Crippen molar-refractivity contribution in [3.63, 3.8) is 0 Å². The Morgan fingerprint density at radius 1 is 1.07 bits per heavy atom. The van der Waals surface area contributed by atoms with E-state index >= 15 is 0 Å². The summed E-state index contributed by atoms with van der Waals surface area (Å²) in [7, 11) is 0. The Bertz CT molecular complexity index is 540. The van der Waals surface area contributed by atoms with Gasteiger partial charge in [-0.3, -0.25) is 0 Å². The molecule has 0 aliphatic heterocycles. The van der Waals surface area contributed by atoms with Crippen molar-refractivity contribution in [2.24, 2.45) is 0 Å². The number of aromatic hydroxyl groups is 2. The van der Waals surface area contributed by atoms with Gasteiger partial charge >= 0.3 is 5.97 Å². The van der Waals surface area contributed by atoms with Crippen LogP contribution in [0.5, 0.6) is 11.5 Å². The van der Waals surface area contributed by atoms with Crippen LogP contribution in [0.4, 0.5) is 0 Å². The molecule has 0 saturated heterocycles. The van der Waals surface area contributed by atoms with Crippen LogP contribution >= 0.6 is 0 Å². The minimum atomic E-state index is -1.22. The highest BCUT2D eigenvalue weighted by atomic mass is 16.4. The molecule has 0 spiro atoms. The summed E-state index contributed by atoms with van der Waals surface area (Å²) in [6, 6.07) is 7.29. The van der Waals surface area contributed by atoms with E-state index in [9.17, 15) is 15.0 Å². The van der Waals surface area contributed by atoms with Gasteiger partial charge in [-0.1, -0.05) is 12.1 Å². The SMILES string of the molecule is O=C(O)c1c(O)ccc2ccc(O)cc12. The molecule has 76 valence electrons. The van der Waals surface area contributed by atoms with Crippen molar-refractivity contribution < 1.29 is 20.1 Å². The number of hydrogen-bond acceptors (Lipinski definition) is 3. The number of phenolic OH excluding ortho intramolecular Hbond substituents is 1. The summed E-state index contributed by atoms with van der Waals surface area (Å²) in [6.07, 6.45) is 0. The van der Waals surface area contributed by atoms with Gasteiger partial charge in [0.05, 0.1) is 0 Å². The lowest BCUT2D eigenvalue weighted by atomic mass is 10.0. The van der Waals surface area contributed by atoms with E-state index in [0.29, 0.717) is 10.8 Å². The summed E-state index contributed by atoms with van der Waals surface area (Å²) in [4.78, 5) is 10.9. The Hall–Kier alpha value is -2.23. The van der Waals surface area contributed by atoms with Crippen LogP contribution < -0.4 is 0 Å². The summed E-state index contributed by atoms with van der Waals surface area (Å²) in [5.41, 5.74) is -0.191. The molecule has 4 nitrogen and oxygen atoms in total. The predicted molar refractivity (Wildman–Crippen MR) is 54.2 cm³/mol. The number of hydrogen-bond donors (Lipinski definition) is 3. The van der Waals surface area contributed by atoms with Crippen molar-refractivity contribution >= 4 is 16.7 Å². The van der Waals surface area contributed by atoms with Crippen LogP contribution in [0.2, 0.25) is 0 Å². The number of carboxylic acids is 1. The highest BCUT2D eigenvalue weighted by molar-refractivity contribution is 6.06. The minimum Gasteiger partial charge on any atom is -0.508 e. The van der Waals surface area contributed by atoms with Gasteiger partial charge in [0.25, 0.3) is 0 Å². The zero-order valence-corrected chi connectivity index (χ0v) is 7.64. The van der Waals surface area contributed by atoms with E-state index in [-0.39, 0.29) is 17.1 Å². The molecule has 0 radical (unpaired) electrons. The van der Waals surface area contributed by atoms with Crippen molar-refractivity contribution in [2.75, 3.05) is 0 Å². The van der Waals surface area contributed by atoms with Crippen molar-refractivity contribution in [1.29, 1.82) is 0 Å². The van der Waals surface area contributed by atoms with Gasteiger partial charge in [0.2, 0.25) is 0 Å². The molecule has 0 aromatic heterocycles. The molecule has 0 aliphatic rings. The van der Waals surface area contributed by atoms with Gasteiger partial charge in [-0.05, 0) is 23.6 Å². The Kier molecular flexibility index (Phi) is 1.97. The molecule has 0 atom stereocenters. The molecule has 0 unspecified atom stereocenters. The zero-order valence-electron chi connectivity index (χ0n) is 7.64. The van der Waals surface area contributed by atoms with Crippen LogP contribution in [0.15, 0.2) is 30.3 Å². The van der Waals surface area contributed by atoms with E-state index in [2.05, 4.69) is 0 Å². The first kappa shape index (κ1) is 9.33. The molecule has 2 aromatic rings. The molecule has 0 saturated carbocycles. The first-order valence-corrected chi connectivity index (χ1v) is 4.27.